The SMILES string of the molecule is Cl.O=C(NCC1CNCC1O)c1ccc(NC2CC2)c([N+](=O)[O-])c1. The molecule has 1 aliphatic carbocycles. The first kappa shape index (κ1) is 18.4. The van der Waals surface area contributed by atoms with Crippen LogP contribution in [-0.2, 0) is 0 Å². The van der Waals surface area contributed by atoms with E-state index in [9.17, 15) is 20.0 Å². The maximum absolute atomic E-state index is 12.2. The molecule has 8 nitrogen and oxygen atoms in total. The van der Waals surface area contributed by atoms with Gasteiger partial charge in [0.2, 0.25) is 0 Å². The van der Waals surface area contributed by atoms with E-state index in [-0.39, 0.29) is 35.5 Å². The number of halogens is 1. The van der Waals surface area contributed by atoms with Crippen LogP contribution in [0, 0.1) is 16.0 Å². The lowest BCUT2D eigenvalue weighted by molar-refractivity contribution is -0.384. The number of nitro benzene ring substituents is 1. The Hall–Kier alpha value is -1.90. The van der Waals surface area contributed by atoms with E-state index in [4.69, 9.17) is 0 Å². The average Bonchev–Trinajstić information content (AvgIpc) is 3.25. The van der Waals surface area contributed by atoms with Gasteiger partial charge in [-0.15, -0.1) is 12.4 Å². The first-order valence-electron chi connectivity index (χ1n) is 7.76. The molecule has 0 aromatic heterocycles. The van der Waals surface area contributed by atoms with Gasteiger partial charge in [-0.25, -0.2) is 0 Å². The van der Waals surface area contributed by atoms with Crippen molar-refractivity contribution in [2.45, 2.75) is 25.0 Å². The topological polar surface area (TPSA) is 117 Å². The van der Waals surface area contributed by atoms with Crippen molar-refractivity contribution in [1.82, 2.24) is 10.6 Å². The molecule has 1 amide bonds. The zero-order chi connectivity index (χ0) is 16.4. The van der Waals surface area contributed by atoms with Crippen LogP contribution in [-0.4, -0.2) is 47.7 Å². The highest BCUT2D eigenvalue weighted by atomic mass is 35.5. The Kier molecular flexibility index (Phi) is 5.98. The number of amides is 1. The standard InChI is InChI=1S/C15H20N4O4.ClH/c20-14-8-16-6-10(14)7-17-15(21)9-1-4-12(18-11-2-3-11)13(5-9)19(22)23;/h1,4-5,10-11,14,16,18,20H,2-3,6-8H2,(H,17,21);1H. The lowest BCUT2D eigenvalue weighted by atomic mass is 10.1. The van der Waals surface area contributed by atoms with E-state index in [2.05, 4.69) is 16.0 Å². The summed E-state index contributed by atoms with van der Waals surface area (Å²) in [5.41, 5.74) is 0.607. The molecule has 2 fully saturated rings. The fraction of sp³-hybridized carbons (Fsp3) is 0.533. The van der Waals surface area contributed by atoms with Crippen molar-refractivity contribution in [2.24, 2.45) is 5.92 Å². The molecule has 0 radical (unpaired) electrons. The maximum atomic E-state index is 12.2. The second kappa shape index (κ2) is 7.78. The smallest absolute Gasteiger partial charge is 0.293 e. The number of aliphatic hydroxyl groups is 1. The molecule has 3 rings (SSSR count). The molecule has 4 N–H and O–H groups in total. The van der Waals surface area contributed by atoms with Gasteiger partial charge in [-0.2, -0.15) is 0 Å². The van der Waals surface area contributed by atoms with Crippen LogP contribution in [0.2, 0.25) is 0 Å². The molecule has 9 heteroatoms. The van der Waals surface area contributed by atoms with Crippen LogP contribution in [0.25, 0.3) is 0 Å². The van der Waals surface area contributed by atoms with Gasteiger partial charge in [0.15, 0.2) is 0 Å². The van der Waals surface area contributed by atoms with Gasteiger partial charge in [0.05, 0.1) is 11.0 Å². The number of benzene rings is 1. The minimum atomic E-state index is -0.480. The van der Waals surface area contributed by atoms with E-state index in [0.29, 0.717) is 31.4 Å². The van der Waals surface area contributed by atoms with Crippen LogP contribution in [0.1, 0.15) is 23.2 Å². The molecule has 1 saturated carbocycles. The minimum absolute atomic E-state index is 0. The number of anilines is 1. The molecule has 1 aromatic carbocycles. The van der Waals surface area contributed by atoms with Crippen molar-refractivity contribution >= 4 is 29.7 Å². The zero-order valence-corrected chi connectivity index (χ0v) is 13.8. The van der Waals surface area contributed by atoms with Crippen molar-refractivity contribution in [3.63, 3.8) is 0 Å². The monoisotopic (exact) mass is 356 g/mol. The number of nitrogens with one attached hydrogen (secondary N) is 3. The lowest BCUT2D eigenvalue weighted by Crippen LogP contribution is -2.34. The predicted molar refractivity (Wildman–Crippen MR) is 91.7 cm³/mol. The fourth-order valence-electron chi connectivity index (χ4n) is 2.65. The summed E-state index contributed by atoms with van der Waals surface area (Å²) in [6.45, 7) is 1.50. The second-order valence-electron chi connectivity index (χ2n) is 6.10. The van der Waals surface area contributed by atoms with Crippen LogP contribution in [0.15, 0.2) is 18.2 Å². The summed E-state index contributed by atoms with van der Waals surface area (Å²) < 4.78 is 0. The Morgan fingerprint density at radius 1 is 1.38 bits per heavy atom. The van der Waals surface area contributed by atoms with E-state index in [1.54, 1.807) is 12.1 Å². The summed E-state index contributed by atoms with van der Waals surface area (Å²) in [4.78, 5) is 22.9. The molecule has 2 atom stereocenters. The van der Waals surface area contributed by atoms with Crippen molar-refractivity contribution in [1.29, 1.82) is 0 Å². The largest absolute Gasteiger partial charge is 0.391 e. The highest BCUT2D eigenvalue weighted by Gasteiger charge is 2.27. The number of β-amino-alcohol motifs (C(OH)–C–C–N with tert-alkyl or cyclic N) is 1. The molecular weight excluding hydrogens is 336 g/mol. The Balaban J connectivity index is 0.00000208. The van der Waals surface area contributed by atoms with Gasteiger partial charge in [0, 0.05) is 43.2 Å². The Morgan fingerprint density at radius 2 is 2.12 bits per heavy atom. The summed E-state index contributed by atoms with van der Waals surface area (Å²) in [5, 5.41) is 29.8. The molecule has 2 aliphatic rings. The first-order valence-corrected chi connectivity index (χ1v) is 7.76. The van der Waals surface area contributed by atoms with Gasteiger partial charge in [0.1, 0.15) is 5.69 Å². The Morgan fingerprint density at radius 3 is 2.71 bits per heavy atom. The quantitative estimate of drug-likeness (QED) is 0.444. The van der Waals surface area contributed by atoms with Gasteiger partial charge in [-0.05, 0) is 25.0 Å². The molecule has 1 aromatic rings. The van der Waals surface area contributed by atoms with E-state index in [1.807, 2.05) is 0 Å². The predicted octanol–water partition coefficient (Wildman–Crippen LogP) is 0.901. The summed E-state index contributed by atoms with van der Waals surface area (Å²) in [6, 6.07) is 4.75. The Bertz CT molecular complexity index is 623. The number of hydrogen-bond acceptors (Lipinski definition) is 6. The molecule has 2 unspecified atom stereocenters. The highest BCUT2D eigenvalue weighted by Crippen LogP contribution is 2.31. The lowest BCUT2D eigenvalue weighted by Gasteiger charge is -2.14. The molecule has 0 bridgehead atoms. The van der Waals surface area contributed by atoms with Gasteiger partial charge in [0.25, 0.3) is 11.6 Å². The van der Waals surface area contributed by atoms with Gasteiger partial charge >= 0.3 is 0 Å². The van der Waals surface area contributed by atoms with Gasteiger partial charge < -0.3 is 21.1 Å². The number of rotatable bonds is 6. The molecule has 1 heterocycles. The zero-order valence-electron chi connectivity index (χ0n) is 13.0. The number of carbonyl (C=O) groups is 1. The molecular formula is C15H21ClN4O4. The third-order valence-corrected chi connectivity index (χ3v) is 4.22. The van der Waals surface area contributed by atoms with Crippen LogP contribution in [0.4, 0.5) is 11.4 Å². The van der Waals surface area contributed by atoms with Crippen LogP contribution in [0.3, 0.4) is 0 Å². The average molecular weight is 357 g/mol. The van der Waals surface area contributed by atoms with Crippen molar-refractivity contribution in [2.75, 3.05) is 25.0 Å². The summed E-state index contributed by atoms with van der Waals surface area (Å²) in [7, 11) is 0. The van der Waals surface area contributed by atoms with E-state index in [0.717, 1.165) is 12.8 Å². The van der Waals surface area contributed by atoms with Crippen molar-refractivity contribution < 1.29 is 14.8 Å². The summed E-state index contributed by atoms with van der Waals surface area (Å²) >= 11 is 0. The number of nitrogens with zero attached hydrogens (tertiary/aromatic N) is 1. The second-order valence-corrected chi connectivity index (χ2v) is 6.10. The summed E-state index contributed by atoms with van der Waals surface area (Å²) in [5.74, 6) is -0.407. The van der Waals surface area contributed by atoms with E-state index >= 15 is 0 Å². The first-order chi connectivity index (χ1) is 11.0. The summed E-state index contributed by atoms with van der Waals surface area (Å²) in [6.07, 6.45) is 1.55. The maximum Gasteiger partial charge on any atom is 0.293 e. The highest BCUT2D eigenvalue weighted by molar-refractivity contribution is 5.95. The van der Waals surface area contributed by atoms with Crippen LogP contribution >= 0.6 is 12.4 Å². The number of nitro groups is 1. The Labute approximate surface area is 145 Å². The number of aliphatic hydroxyl groups excluding tert-OH is 1. The van der Waals surface area contributed by atoms with E-state index < -0.39 is 11.0 Å². The third-order valence-electron chi connectivity index (χ3n) is 4.22. The van der Waals surface area contributed by atoms with Crippen LogP contribution < -0.4 is 16.0 Å². The molecule has 0 spiro atoms. The molecule has 1 saturated heterocycles. The fourth-order valence-corrected chi connectivity index (χ4v) is 2.65. The van der Waals surface area contributed by atoms with Crippen molar-refractivity contribution in [3.8, 4) is 0 Å². The van der Waals surface area contributed by atoms with Crippen molar-refractivity contribution in [3.05, 3.63) is 33.9 Å². The van der Waals surface area contributed by atoms with Gasteiger partial charge in [-0.1, -0.05) is 0 Å². The molecule has 24 heavy (non-hydrogen) atoms. The van der Waals surface area contributed by atoms with E-state index in [1.165, 1.54) is 6.07 Å². The molecule has 1 aliphatic heterocycles. The minimum Gasteiger partial charge on any atom is -0.391 e. The van der Waals surface area contributed by atoms with Crippen LogP contribution in [0.5, 0.6) is 0 Å². The number of hydrogen-bond donors (Lipinski definition) is 4. The number of carbonyl (C=O) groups excluding carboxylic acids is 1. The van der Waals surface area contributed by atoms with Gasteiger partial charge in [-0.3, -0.25) is 14.9 Å². The third kappa shape index (κ3) is 4.34. The normalized spacial score (nSPS) is 22.5. The molecule has 132 valence electrons.